The summed E-state index contributed by atoms with van der Waals surface area (Å²) >= 11 is 0. The Morgan fingerprint density at radius 2 is 2.03 bits per heavy atom. The Bertz CT molecular complexity index is 1150. The number of unbranched alkanes of at least 4 members (excludes halogenated alkanes) is 3. The van der Waals surface area contributed by atoms with Crippen LogP contribution in [0.2, 0.25) is 0 Å². The molecule has 0 atom stereocenters. The van der Waals surface area contributed by atoms with Crippen molar-refractivity contribution < 1.29 is 17.9 Å². The van der Waals surface area contributed by atoms with Crippen molar-refractivity contribution in [2.45, 2.75) is 39.2 Å². The zero-order valence-corrected chi connectivity index (χ0v) is 18.6. The minimum atomic E-state index is -3.52. The summed E-state index contributed by atoms with van der Waals surface area (Å²) < 4.78 is 40.2. The Kier molecular flexibility index (Phi) is 6.74. The molecule has 0 aliphatic carbocycles. The molecule has 1 aliphatic rings. The minimum absolute atomic E-state index is 0.0534. The third-order valence-electron chi connectivity index (χ3n) is 4.94. The molecule has 1 aliphatic heterocycles. The fraction of sp³-hybridized carbons (Fsp3) is 0.381. The van der Waals surface area contributed by atoms with E-state index < -0.39 is 10.0 Å². The molecule has 0 saturated heterocycles. The fourth-order valence-corrected chi connectivity index (χ4v) is 4.43. The molecule has 10 nitrogen and oxygen atoms in total. The van der Waals surface area contributed by atoms with E-state index in [0.717, 1.165) is 24.8 Å². The Morgan fingerprint density at radius 3 is 2.84 bits per heavy atom. The predicted molar refractivity (Wildman–Crippen MR) is 121 cm³/mol. The van der Waals surface area contributed by atoms with Crippen molar-refractivity contribution in [3.8, 4) is 17.4 Å². The van der Waals surface area contributed by atoms with Crippen LogP contribution in [0, 0.1) is 0 Å². The lowest BCUT2D eigenvalue weighted by atomic mass is 10.2. The molecule has 2 aromatic heterocycles. The molecule has 2 N–H and O–H groups in total. The van der Waals surface area contributed by atoms with Gasteiger partial charge in [0.1, 0.15) is 12.0 Å². The zero-order chi connectivity index (χ0) is 22.4. The number of anilines is 2. The molecule has 0 bridgehead atoms. The number of sulfonamides is 1. The van der Waals surface area contributed by atoms with Gasteiger partial charge in [0.15, 0.2) is 17.3 Å². The van der Waals surface area contributed by atoms with Crippen LogP contribution in [0.25, 0.3) is 5.95 Å². The highest BCUT2D eigenvalue weighted by Gasteiger charge is 2.17. The Morgan fingerprint density at radius 1 is 1.16 bits per heavy atom. The summed E-state index contributed by atoms with van der Waals surface area (Å²) in [4.78, 5) is 12.8. The second-order valence-corrected chi connectivity index (χ2v) is 9.27. The summed E-state index contributed by atoms with van der Waals surface area (Å²) in [6, 6.07) is 5.64. The molecule has 0 amide bonds. The molecule has 4 rings (SSSR count). The first-order valence-electron chi connectivity index (χ1n) is 10.5. The predicted octanol–water partition coefficient (Wildman–Crippen LogP) is 3.33. The molecule has 32 heavy (non-hydrogen) atoms. The van der Waals surface area contributed by atoms with Crippen molar-refractivity contribution in [3.05, 3.63) is 48.7 Å². The highest BCUT2D eigenvalue weighted by Crippen LogP contribution is 2.33. The highest BCUT2D eigenvalue weighted by atomic mass is 32.2. The van der Waals surface area contributed by atoms with Crippen LogP contribution in [0.1, 0.15) is 38.2 Å². The molecule has 0 saturated carbocycles. The van der Waals surface area contributed by atoms with Crippen LogP contribution >= 0.6 is 0 Å². The van der Waals surface area contributed by atoms with Gasteiger partial charge in [-0.1, -0.05) is 32.3 Å². The molecule has 170 valence electrons. The summed E-state index contributed by atoms with van der Waals surface area (Å²) in [5.41, 5.74) is 1.23. The number of nitrogens with zero attached hydrogens (tertiary/aromatic N) is 4. The third-order valence-corrected chi connectivity index (χ3v) is 6.30. The lowest BCUT2D eigenvalue weighted by Crippen LogP contribution is -2.19. The number of nitrogens with one attached hydrogen (secondary N) is 2. The zero-order valence-electron chi connectivity index (χ0n) is 17.8. The SMILES string of the molecule is CCCCCCS(=O)(=O)Nc1cnc(-n2ccnc2)nc1NCc1ccc2c(c1)OCO2. The summed E-state index contributed by atoms with van der Waals surface area (Å²) in [6.45, 7) is 2.70. The number of hydrogen-bond acceptors (Lipinski definition) is 8. The van der Waals surface area contributed by atoms with E-state index in [4.69, 9.17) is 9.47 Å². The molecule has 3 aromatic rings. The van der Waals surface area contributed by atoms with Crippen LogP contribution in [0.5, 0.6) is 11.5 Å². The molecular weight excluding hydrogens is 432 g/mol. The van der Waals surface area contributed by atoms with Crippen molar-refractivity contribution in [2.75, 3.05) is 22.6 Å². The van der Waals surface area contributed by atoms with Crippen molar-refractivity contribution in [2.24, 2.45) is 0 Å². The van der Waals surface area contributed by atoms with E-state index in [2.05, 4.69) is 31.9 Å². The van der Waals surface area contributed by atoms with E-state index in [1.807, 2.05) is 18.2 Å². The van der Waals surface area contributed by atoms with Crippen LogP contribution in [-0.2, 0) is 16.6 Å². The number of imidazole rings is 1. The van der Waals surface area contributed by atoms with Crippen LogP contribution in [0.15, 0.2) is 43.1 Å². The van der Waals surface area contributed by atoms with E-state index in [-0.39, 0.29) is 12.5 Å². The Labute approximate surface area is 187 Å². The molecule has 11 heteroatoms. The van der Waals surface area contributed by atoms with E-state index in [1.54, 1.807) is 23.3 Å². The highest BCUT2D eigenvalue weighted by molar-refractivity contribution is 7.92. The van der Waals surface area contributed by atoms with Gasteiger partial charge in [0.25, 0.3) is 0 Å². The monoisotopic (exact) mass is 458 g/mol. The number of ether oxygens (including phenoxy) is 2. The second-order valence-electron chi connectivity index (χ2n) is 7.42. The average molecular weight is 459 g/mol. The number of benzene rings is 1. The van der Waals surface area contributed by atoms with Gasteiger partial charge in [-0.25, -0.2) is 18.4 Å². The quantitative estimate of drug-likeness (QED) is 0.420. The van der Waals surface area contributed by atoms with E-state index >= 15 is 0 Å². The van der Waals surface area contributed by atoms with Crippen LogP contribution in [0.3, 0.4) is 0 Å². The molecule has 0 spiro atoms. The van der Waals surface area contributed by atoms with Crippen LogP contribution < -0.4 is 19.5 Å². The van der Waals surface area contributed by atoms with Crippen molar-refractivity contribution in [3.63, 3.8) is 0 Å². The maximum Gasteiger partial charge on any atom is 0.236 e. The summed E-state index contributed by atoms with van der Waals surface area (Å²) in [5, 5.41) is 3.21. The number of aromatic nitrogens is 4. The molecule has 1 aromatic carbocycles. The standard InChI is InChI=1S/C21H26N6O4S/c1-2-3-4-5-10-32(28,29)26-17-13-24-21(27-9-8-22-14-27)25-20(17)23-12-16-6-7-18-19(11-16)31-15-30-18/h6-9,11,13-14,26H,2-5,10,12,15H2,1H3,(H,23,24,25). The van der Waals surface area contributed by atoms with Gasteiger partial charge in [0, 0.05) is 18.9 Å². The van der Waals surface area contributed by atoms with Gasteiger partial charge in [-0.2, -0.15) is 4.98 Å². The van der Waals surface area contributed by atoms with E-state index in [9.17, 15) is 8.42 Å². The summed E-state index contributed by atoms with van der Waals surface area (Å²) in [6.07, 6.45) is 9.93. The van der Waals surface area contributed by atoms with Crippen molar-refractivity contribution >= 4 is 21.5 Å². The van der Waals surface area contributed by atoms with Gasteiger partial charge in [-0.15, -0.1) is 0 Å². The first-order chi connectivity index (χ1) is 15.5. The Hall–Kier alpha value is -3.34. The van der Waals surface area contributed by atoms with Crippen LogP contribution in [-0.4, -0.2) is 40.5 Å². The van der Waals surface area contributed by atoms with Gasteiger partial charge in [0.05, 0.1) is 11.9 Å². The maximum absolute atomic E-state index is 12.6. The van der Waals surface area contributed by atoms with Crippen LogP contribution in [0.4, 0.5) is 11.5 Å². The van der Waals surface area contributed by atoms with Gasteiger partial charge in [-0.05, 0) is 24.1 Å². The van der Waals surface area contributed by atoms with Gasteiger partial charge in [-0.3, -0.25) is 9.29 Å². The van der Waals surface area contributed by atoms with E-state index in [1.165, 1.54) is 6.20 Å². The number of fused-ring (bicyclic) bond motifs is 1. The van der Waals surface area contributed by atoms with E-state index in [0.29, 0.717) is 41.9 Å². The lowest BCUT2D eigenvalue weighted by molar-refractivity contribution is 0.174. The largest absolute Gasteiger partial charge is 0.454 e. The normalized spacial score (nSPS) is 12.7. The van der Waals surface area contributed by atoms with Gasteiger partial charge in [0.2, 0.25) is 22.8 Å². The first-order valence-corrected chi connectivity index (χ1v) is 12.2. The third kappa shape index (κ3) is 5.47. The minimum Gasteiger partial charge on any atom is -0.454 e. The number of hydrogen-bond donors (Lipinski definition) is 2. The lowest BCUT2D eigenvalue weighted by Gasteiger charge is -2.14. The van der Waals surface area contributed by atoms with Crippen molar-refractivity contribution in [1.82, 2.24) is 19.5 Å². The molecular formula is C21H26N6O4S. The molecule has 0 unspecified atom stereocenters. The summed E-state index contributed by atoms with van der Waals surface area (Å²) in [5.74, 6) is 2.19. The maximum atomic E-state index is 12.6. The van der Waals surface area contributed by atoms with Crippen molar-refractivity contribution in [1.29, 1.82) is 0 Å². The second kappa shape index (κ2) is 9.86. The summed E-state index contributed by atoms with van der Waals surface area (Å²) in [7, 11) is -3.52. The molecule has 0 radical (unpaired) electrons. The smallest absolute Gasteiger partial charge is 0.236 e. The van der Waals surface area contributed by atoms with Gasteiger partial charge >= 0.3 is 0 Å². The average Bonchev–Trinajstić information content (AvgIpc) is 3.47. The first kappa shape index (κ1) is 21.9. The molecule has 0 fully saturated rings. The Balaban J connectivity index is 1.53. The molecule has 3 heterocycles. The number of rotatable bonds is 11. The fourth-order valence-electron chi connectivity index (χ4n) is 3.26. The van der Waals surface area contributed by atoms with Gasteiger partial charge < -0.3 is 14.8 Å². The topological polar surface area (TPSA) is 120 Å².